The van der Waals surface area contributed by atoms with E-state index >= 15 is 0 Å². The quantitative estimate of drug-likeness (QED) is 0.564. The molecule has 2 nitrogen and oxygen atoms in total. The molecule has 3 aliphatic rings. The normalized spacial score (nSPS) is 25.8. The number of carbonyl (C=O) groups excluding carboxylic acids is 1. The topological polar surface area (TPSA) is 20.3 Å². The molecule has 30 heavy (non-hydrogen) atoms. The van der Waals surface area contributed by atoms with Crippen molar-refractivity contribution in [2.24, 2.45) is 11.8 Å². The molecule has 0 spiro atoms. The molecule has 3 unspecified atom stereocenters. The van der Waals surface area contributed by atoms with Crippen LogP contribution in [0.2, 0.25) is 0 Å². The number of allylic oxidation sites excluding steroid dienone is 4. The van der Waals surface area contributed by atoms with Crippen LogP contribution in [0.25, 0.3) is 16.3 Å². The van der Waals surface area contributed by atoms with Crippen molar-refractivity contribution in [3.05, 3.63) is 64.7 Å². The molecule has 2 heteroatoms. The third-order valence-electron chi connectivity index (χ3n) is 7.72. The molecule has 0 bridgehead atoms. The first-order chi connectivity index (χ1) is 14.5. The molecule has 0 aliphatic heterocycles. The summed E-state index contributed by atoms with van der Waals surface area (Å²) < 4.78 is 0. The van der Waals surface area contributed by atoms with E-state index in [0.29, 0.717) is 17.7 Å². The van der Waals surface area contributed by atoms with E-state index in [-0.39, 0.29) is 5.92 Å². The van der Waals surface area contributed by atoms with Gasteiger partial charge < -0.3 is 4.90 Å². The number of hydrogen-bond donors (Lipinski definition) is 0. The van der Waals surface area contributed by atoms with Crippen molar-refractivity contribution in [3.63, 3.8) is 0 Å². The minimum absolute atomic E-state index is 0.173. The standard InChI is InChI=1S/C28H33NO/c1-18-16-27-24-13-7-12-22(19-8-6-9-20(17-19)28(30)29(2)3)25(24)14-15-26(27)23-11-5-4-10-21(18)23/h5,7,11-15,18-20H,4,6,8-10,16-17H2,1-3H3. The van der Waals surface area contributed by atoms with E-state index < -0.39 is 0 Å². The Labute approximate surface area is 180 Å². The lowest BCUT2D eigenvalue weighted by molar-refractivity contribution is -0.134. The second kappa shape index (κ2) is 7.72. The number of fused-ring (bicyclic) bond motifs is 4. The van der Waals surface area contributed by atoms with Crippen LogP contribution in [-0.2, 0) is 11.2 Å². The summed E-state index contributed by atoms with van der Waals surface area (Å²) in [4.78, 5) is 14.4. The van der Waals surface area contributed by atoms with Gasteiger partial charge in [-0.05, 0) is 83.4 Å². The molecule has 0 radical (unpaired) electrons. The first-order valence-corrected chi connectivity index (χ1v) is 11.7. The molecule has 3 aliphatic carbocycles. The van der Waals surface area contributed by atoms with Gasteiger partial charge in [0.05, 0.1) is 0 Å². The maximum absolute atomic E-state index is 12.6. The average molecular weight is 400 g/mol. The van der Waals surface area contributed by atoms with Crippen LogP contribution in [-0.4, -0.2) is 24.9 Å². The third-order valence-corrected chi connectivity index (χ3v) is 7.72. The fraction of sp³-hybridized carbons (Fsp3) is 0.464. The number of amides is 1. The zero-order valence-corrected chi connectivity index (χ0v) is 18.6. The Morgan fingerprint density at radius 3 is 2.77 bits per heavy atom. The van der Waals surface area contributed by atoms with E-state index in [1.165, 1.54) is 52.3 Å². The van der Waals surface area contributed by atoms with Crippen molar-refractivity contribution in [1.29, 1.82) is 0 Å². The van der Waals surface area contributed by atoms with E-state index in [1.807, 2.05) is 14.1 Å². The Balaban J connectivity index is 1.56. The molecule has 1 fully saturated rings. The Morgan fingerprint density at radius 2 is 1.93 bits per heavy atom. The van der Waals surface area contributed by atoms with Crippen molar-refractivity contribution >= 4 is 22.3 Å². The van der Waals surface area contributed by atoms with E-state index in [9.17, 15) is 4.79 Å². The molecule has 3 atom stereocenters. The summed E-state index contributed by atoms with van der Waals surface area (Å²) in [5.74, 6) is 1.59. The summed E-state index contributed by atoms with van der Waals surface area (Å²) in [6, 6.07) is 11.6. The predicted molar refractivity (Wildman–Crippen MR) is 126 cm³/mol. The van der Waals surface area contributed by atoms with E-state index in [2.05, 4.69) is 49.4 Å². The molecule has 0 heterocycles. The van der Waals surface area contributed by atoms with Gasteiger partial charge in [0.15, 0.2) is 0 Å². The van der Waals surface area contributed by atoms with E-state index in [0.717, 1.165) is 25.7 Å². The predicted octanol–water partition coefficient (Wildman–Crippen LogP) is 6.50. The van der Waals surface area contributed by atoms with Crippen LogP contribution in [0.5, 0.6) is 0 Å². The molecule has 1 amide bonds. The van der Waals surface area contributed by atoms with Gasteiger partial charge in [0.1, 0.15) is 0 Å². The fourth-order valence-corrected chi connectivity index (χ4v) is 6.22. The van der Waals surface area contributed by atoms with E-state index in [1.54, 1.807) is 10.5 Å². The van der Waals surface area contributed by atoms with Gasteiger partial charge in [0, 0.05) is 20.0 Å². The summed E-state index contributed by atoms with van der Waals surface area (Å²) in [5, 5.41) is 2.85. The molecule has 0 N–H and O–H groups in total. The largest absolute Gasteiger partial charge is 0.349 e. The molecular weight excluding hydrogens is 366 g/mol. The van der Waals surface area contributed by atoms with Gasteiger partial charge in [-0.3, -0.25) is 4.79 Å². The van der Waals surface area contributed by atoms with E-state index in [4.69, 9.17) is 0 Å². The maximum Gasteiger partial charge on any atom is 0.225 e. The van der Waals surface area contributed by atoms with Gasteiger partial charge >= 0.3 is 0 Å². The molecule has 0 saturated heterocycles. The van der Waals surface area contributed by atoms with Crippen LogP contribution in [0, 0.1) is 11.8 Å². The van der Waals surface area contributed by atoms with Crippen LogP contribution in [0.4, 0.5) is 0 Å². The maximum atomic E-state index is 12.6. The second-order valence-electron chi connectivity index (χ2n) is 9.81. The highest BCUT2D eigenvalue weighted by atomic mass is 16.2. The average Bonchev–Trinajstić information content (AvgIpc) is 2.78. The lowest BCUT2D eigenvalue weighted by Gasteiger charge is -2.32. The van der Waals surface area contributed by atoms with Crippen LogP contribution < -0.4 is 0 Å². The number of benzene rings is 2. The van der Waals surface area contributed by atoms with Gasteiger partial charge in [-0.1, -0.05) is 61.4 Å². The molecule has 2 aromatic rings. The van der Waals surface area contributed by atoms with Crippen LogP contribution in [0.15, 0.2) is 48.1 Å². The monoisotopic (exact) mass is 399 g/mol. The summed E-state index contributed by atoms with van der Waals surface area (Å²) in [6.07, 6.45) is 12.6. The number of nitrogens with zero attached hydrogens (tertiary/aromatic N) is 1. The van der Waals surface area contributed by atoms with Crippen LogP contribution in [0.3, 0.4) is 0 Å². The highest BCUT2D eigenvalue weighted by Crippen LogP contribution is 2.45. The van der Waals surface area contributed by atoms with Crippen LogP contribution in [0.1, 0.15) is 68.1 Å². The molecule has 0 aromatic heterocycles. The van der Waals surface area contributed by atoms with Crippen molar-refractivity contribution in [3.8, 4) is 0 Å². The molecule has 2 aromatic carbocycles. The third kappa shape index (κ3) is 3.21. The summed E-state index contributed by atoms with van der Waals surface area (Å²) >= 11 is 0. The molecule has 5 rings (SSSR count). The zero-order valence-electron chi connectivity index (χ0n) is 18.6. The van der Waals surface area contributed by atoms with Gasteiger partial charge in [-0.15, -0.1) is 0 Å². The zero-order chi connectivity index (χ0) is 20.8. The number of rotatable bonds is 2. The van der Waals surface area contributed by atoms with Crippen LogP contribution >= 0.6 is 0 Å². The minimum Gasteiger partial charge on any atom is -0.349 e. The smallest absolute Gasteiger partial charge is 0.225 e. The Morgan fingerprint density at radius 1 is 1.07 bits per heavy atom. The highest BCUT2D eigenvalue weighted by molar-refractivity contribution is 5.96. The Hall–Kier alpha value is -2.35. The van der Waals surface area contributed by atoms with Crippen molar-refractivity contribution in [2.45, 2.75) is 57.8 Å². The molecule has 1 saturated carbocycles. The molecule has 156 valence electrons. The minimum atomic E-state index is 0.173. The molecular formula is C28H33NO. The van der Waals surface area contributed by atoms with Gasteiger partial charge in [0.2, 0.25) is 5.91 Å². The Bertz CT molecular complexity index is 1060. The Kier molecular flexibility index (Phi) is 5.05. The van der Waals surface area contributed by atoms with Crippen molar-refractivity contribution in [2.75, 3.05) is 14.1 Å². The SMILES string of the molecule is CC1Cc2c(ccc3c(C4CCCC(C(=O)N(C)C)C4)cccc23)C2=C1CCC=C2. The summed E-state index contributed by atoms with van der Waals surface area (Å²) in [6.45, 7) is 2.40. The van der Waals surface area contributed by atoms with Gasteiger partial charge in [-0.25, -0.2) is 0 Å². The number of carbonyl (C=O) groups is 1. The first-order valence-electron chi connectivity index (χ1n) is 11.7. The lowest BCUT2D eigenvalue weighted by Crippen LogP contribution is -2.32. The second-order valence-corrected chi connectivity index (χ2v) is 9.81. The first kappa shape index (κ1) is 19.6. The highest BCUT2D eigenvalue weighted by Gasteiger charge is 2.31. The van der Waals surface area contributed by atoms with Gasteiger partial charge in [0.25, 0.3) is 0 Å². The summed E-state index contributed by atoms with van der Waals surface area (Å²) in [5.41, 5.74) is 7.57. The van der Waals surface area contributed by atoms with Crippen molar-refractivity contribution in [1.82, 2.24) is 4.90 Å². The van der Waals surface area contributed by atoms with Gasteiger partial charge in [-0.2, -0.15) is 0 Å². The fourth-order valence-electron chi connectivity index (χ4n) is 6.22. The number of hydrogen-bond acceptors (Lipinski definition) is 1. The summed E-state index contributed by atoms with van der Waals surface area (Å²) in [7, 11) is 3.78. The lowest BCUT2D eigenvalue weighted by atomic mass is 9.73. The van der Waals surface area contributed by atoms with Crippen molar-refractivity contribution < 1.29 is 4.79 Å².